The molecule has 1 atom stereocenters. The first-order valence-electron chi connectivity index (χ1n) is 6.88. The van der Waals surface area contributed by atoms with Gasteiger partial charge < -0.3 is 10.4 Å². The molecule has 18 heavy (non-hydrogen) atoms. The molecule has 0 saturated carbocycles. The van der Waals surface area contributed by atoms with E-state index in [9.17, 15) is 5.11 Å². The van der Waals surface area contributed by atoms with E-state index >= 15 is 0 Å². The highest BCUT2D eigenvalue weighted by Gasteiger charge is 2.16. The summed E-state index contributed by atoms with van der Waals surface area (Å²) in [5.41, 5.74) is 2.90. The van der Waals surface area contributed by atoms with E-state index in [0.29, 0.717) is 6.54 Å². The summed E-state index contributed by atoms with van der Waals surface area (Å²) in [5.74, 6) is 0. The van der Waals surface area contributed by atoms with Crippen LogP contribution in [0.4, 0.5) is 0 Å². The zero-order valence-electron chi connectivity index (χ0n) is 12.2. The Kier molecular flexibility index (Phi) is 5.83. The van der Waals surface area contributed by atoms with Gasteiger partial charge in [0.25, 0.3) is 0 Å². The molecule has 0 heterocycles. The molecule has 0 fully saturated rings. The highest BCUT2D eigenvalue weighted by atomic mass is 16.3. The first-order chi connectivity index (χ1) is 8.42. The Bertz CT molecular complexity index is 354. The van der Waals surface area contributed by atoms with Crippen molar-refractivity contribution in [2.45, 2.75) is 53.2 Å². The number of benzene rings is 1. The van der Waals surface area contributed by atoms with Gasteiger partial charge in [0.05, 0.1) is 6.10 Å². The van der Waals surface area contributed by atoms with Gasteiger partial charge >= 0.3 is 0 Å². The van der Waals surface area contributed by atoms with Crippen molar-refractivity contribution in [3.8, 4) is 0 Å². The highest BCUT2D eigenvalue weighted by molar-refractivity contribution is 5.26. The smallest absolute Gasteiger partial charge is 0.0669 e. The minimum Gasteiger partial charge on any atom is -0.392 e. The third kappa shape index (κ3) is 5.65. The second-order valence-corrected chi connectivity index (χ2v) is 6.17. The Morgan fingerprint density at radius 3 is 2.33 bits per heavy atom. The van der Waals surface area contributed by atoms with Gasteiger partial charge in [0.2, 0.25) is 0 Å². The van der Waals surface area contributed by atoms with Crippen molar-refractivity contribution >= 4 is 0 Å². The van der Waals surface area contributed by atoms with E-state index in [1.165, 1.54) is 11.1 Å². The van der Waals surface area contributed by atoms with Crippen LogP contribution in [-0.4, -0.2) is 17.8 Å². The van der Waals surface area contributed by atoms with Crippen molar-refractivity contribution in [2.24, 2.45) is 5.41 Å². The van der Waals surface area contributed by atoms with E-state index in [1.807, 2.05) is 0 Å². The Morgan fingerprint density at radius 1 is 1.17 bits per heavy atom. The van der Waals surface area contributed by atoms with Gasteiger partial charge in [-0.3, -0.25) is 0 Å². The van der Waals surface area contributed by atoms with E-state index in [2.05, 4.69) is 57.3 Å². The minimum absolute atomic E-state index is 0.183. The molecule has 0 spiro atoms. The topological polar surface area (TPSA) is 32.3 Å². The standard InChI is InChI=1S/C16H27NO/c1-5-13-8-6-7-9-14(13)11-17-12-15(18)10-16(2,3)4/h6-9,15,17-18H,5,10-12H2,1-4H3. The highest BCUT2D eigenvalue weighted by Crippen LogP contribution is 2.20. The van der Waals surface area contributed by atoms with Gasteiger partial charge in [-0.2, -0.15) is 0 Å². The number of rotatable bonds is 6. The number of aryl methyl sites for hydroxylation is 1. The van der Waals surface area contributed by atoms with E-state index in [0.717, 1.165) is 19.4 Å². The minimum atomic E-state index is -0.265. The summed E-state index contributed by atoms with van der Waals surface area (Å²) in [6, 6.07) is 8.48. The first-order valence-corrected chi connectivity index (χ1v) is 6.88. The molecule has 0 aromatic heterocycles. The largest absolute Gasteiger partial charge is 0.392 e. The number of hydrogen-bond acceptors (Lipinski definition) is 2. The molecular formula is C16H27NO. The number of nitrogens with one attached hydrogen (secondary N) is 1. The summed E-state index contributed by atoms with van der Waals surface area (Å²) in [7, 11) is 0. The molecule has 2 nitrogen and oxygen atoms in total. The molecule has 1 rings (SSSR count). The monoisotopic (exact) mass is 249 g/mol. The van der Waals surface area contributed by atoms with Crippen LogP contribution in [0.5, 0.6) is 0 Å². The number of hydrogen-bond donors (Lipinski definition) is 2. The van der Waals surface area contributed by atoms with Crippen LogP contribution in [0, 0.1) is 5.41 Å². The molecule has 0 aliphatic carbocycles. The van der Waals surface area contributed by atoms with E-state index in [-0.39, 0.29) is 11.5 Å². The predicted octanol–water partition coefficient (Wildman–Crippen LogP) is 3.14. The fourth-order valence-electron chi connectivity index (χ4n) is 2.23. The second kappa shape index (κ2) is 6.91. The average molecular weight is 249 g/mol. The van der Waals surface area contributed by atoms with Gasteiger partial charge in [-0.1, -0.05) is 52.0 Å². The van der Waals surface area contributed by atoms with Gasteiger partial charge in [-0.25, -0.2) is 0 Å². The summed E-state index contributed by atoms with van der Waals surface area (Å²) in [6.45, 7) is 10.1. The van der Waals surface area contributed by atoms with Gasteiger partial charge in [0, 0.05) is 13.1 Å². The normalized spacial score (nSPS) is 13.6. The van der Waals surface area contributed by atoms with Crippen molar-refractivity contribution < 1.29 is 5.11 Å². The molecule has 1 aromatic carbocycles. The lowest BCUT2D eigenvalue weighted by molar-refractivity contribution is 0.119. The Morgan fingerprint density at radius 2 is 1.78 bits per heavy atom. The Labute approximate surface area is 111 Å². The molecule has 0 radical (unpaired) electrons. The quantitative estimate of drug-likeness (QED) is 0.812. The van der Waals surface area contributed by atoms with E-state index in [4.69, 9.17) is 0 Å². The van der Waals surface area contributed by atoms with Crippen LogP contribution in [0.3, 0.4) is 0 Å². The van der Waals surface area contributed by atoms with Crippen LogP contribution < -0.4 is 5.32 Å². The van der Waals surface area contributed by atoms with Crippen LogP contribution in [0.25, 0.3) is 0 Å². The van der Waals surface area contributed by atoms with Gasteiger partial charge in [-0.15, -0.1) is 0 Å². The zero-order chi connectivity index (χ0) is 13.6. The van der Waals surface area contributed by atoms with Crippen LogP contribution >= 0.6 is 0 Å². The van der Waals surface area contributed by atoms with E-state index < -0.39 is 0 Å². The molecular weight excluding hydrogens is 222 g/mol. The van der Waals surface area contributed by atoms with Crippen LogP contribution in [-0.2, 0) is 13.0 Å². The van der Waals surface area contributed by atoms with Crippen molar-refractivity contribution in [2.75, 3.05) is 6.54 Å². The maximum atomic E-state index is 9.93. The molecule has 0 aliphatic rings. The SMILES string of the molecule is CCc1ccccc1CNCC(O)CC(C)(C)C. The molecule has 2 N–H and O–H groups in total. The summed E-state index contributed by atoms with van der Waals surface area (Å²) in [4.78, 5) is 0. The molecule has 0 amide bonds. The average Bonchev–Trinajstić information content (AvgIpc) is 2.27. The summed E-state index contributed by atoms with van der Waals surface area (Å²) in [5, 5.41) is 13.3. The van der Waals surface area contributed by atoms with Crippen LogP contribution in [0.1, 0.15) is 45.2 Å². The maximum absolute atomic E-state index is 9.93. The lowest BCUT2D eigenvalue weighted by atomic mass is 9.89. The van der Waals surface area contributed by atoms with Crippen molar-refractivity contribution in [1.29, 1.82) is 0 Å². The lowest BCUT2D eigenvalue weighted by Gasteiger charge is -2.22. The molecule has 0 aliphatic heterocycles. The molecule has 1 aromatic rings. The Balaban J connectivity index is 2.37. The fourth-order valence-corrected chi connectivity index (χ4v) is 2.23. The maximum Gasteiger partial charge on any atom is 0.0669 e. The summed E-state index contributed by atoms with van der Waals surface area (Å²) < 4.78 is 0. The third-order valence-corrected chi connectivity index (χ3v) is 3.04. The van der Waals surface area contributed by atoms with Gasteiger partial charge in [-0.05, 0) is 29.4 Å². The van der Waals surface area contributed by atoms with Crippen LogP contribution in [0.15, 0.2) is 24.3 Å². The van der Waals surface area contributed by atoms with Crippen molar-refractivity contribution in [1.82, 2.24) is 5.32 Å². The second-order valence-electron chi connectivity index (χ2n) is 6.17. The molecule has 0 bridgehead atoms. The summed E-state index contributed by atoms with van der Waals surface area (Å²) >= 11 is 0. The van der Waals surface area contributed by atoms with Gasteiger partial charge in [0.15, 0.2) is 0 Å². The lowest BCUT2D eigenvalue weighted by Crippen LogP contribution is -2.30. The molecule has 0 saturated heterocycles. The predicted molar refractivity (Wildman–Crippen MR) is 77.6 cm³/mol. The zero-order valence-corrected chi connectivity index (χ0v) is 12.2. The molecule has 1 unspecified atom stereocenters. The van der Waals surface area contributed by atoms with Crippen molar-refractivity contribution in [3.63, 3.8) is 0 Å². The van der Waals surface area contributed by atoms with E-state index in [1.54, 1.807) is 0 Å². The number of aliphatic hydroxyl groups excluding tert-OH is 1. The summed E-state index contributed by atoms with van der Waals surface area (Å²) in [6.07, 6.45) is 1.62. The van der Waals surface area contributed by atoms with Gasteiger partial charge in [0.1, 0.15) is 0 Å². The van der Waals surface area contributed by atoms with Crippen molar-refractivity contribution in [3.05, 3.63) is 35.4 Å². The third-order valence-electron chi connectivity index (χ3n) is 3.04. The molecule has 2 heteroatoms. The molecule has 102 valence electrons. The number of aliphatic hydroxyl groups is 1. The van der Waals surface area contributed by atoms with Crippen LogP contribution in [0.2, 0.25) is 0 Å². The fraction of sp³-hybridized carbons (Fsp3) is 0.625. The first kappa shape index (κ1) is 15.2. The Hall–Kier alpha value is -0.860.